The van der Waals surface area contributed by atoms with Gasteiger partial charge in [0.05, 0.1) is 16.8 Å². The third-order valence-electron chi connectivity index (χ3n) is 2.63. The first-order valence-corrected chi connectivity index (χ1v) is 6.88. The molecule has 2 aromatic rings. The highest BCUT2D eigenvalue weighted by atomic mass is 35.5. The van der Waals surface area contributed by atoms with E-state index in [1.807, 2.05) is 0 Å². The van der Waals surface area contributed by atoms with Gasteiger partial charge in [0.1, 0.15) is 5.75 Å². The number of carbonyl (C=O) groups excluding carboxylic acids is 2. The molecule has 8 heteroatoms. The number of rotatable bonds is 6. The van der Waals surface area contributed by atoms with E-state index in [2.05, 4.69) is 15.5 Å². The van der Waals surface area contributed by atoms with Gasteiger partial charge in [-0.1, -0.05) is 11.6 Å². The Balaban J connectivity index is 1.96. The first kappa shape index (κ1) is 16.4. The van der Waals surface area contributed by atoms with Crippen molar-refractivity contribution in [2.75, 3.05) is 6.61 Å². The summed E-state index contributed by atoms with van der Waals surface area (Å²) in [5.41, 5.74) is 8.41. The molecule has 0 aliphatic heterocycles. The first-order valence-electron chi connectivity index (χ1n) is 6.50. The monoisotopic (exact) mass is 332 g/mol. The smallest absolute Gasteiger partial charge is 0.272 e. The van der Waals surface area contributed by atoms with Crippen LogP contribution in [0.2, 0.25) is 5.02 Å². The summed E-state index contributed by atoms with van der Waals surface area (Å²) in [4.78, 5) is 26.3. The molecule has 0 bridgehead atoms. The molecule has 1 heterocycles. The number of hydrogen-bond acceptors (Lipinski definition) is 5. The third kappa shape index (κ3) is 5.08. The van der Waals surface area contributed by atoms with Crippen molar-refractivity contribution in [3.05, 3.63) is 58.9 Å². The van der Waals surface area contributed by atoms with Crippen LogP contribution in [-0.4, -0.2) is 29.6 Å². The van der Waals surface area contributed by atoms with Crippen molar-refractivity contribution in [3.8, 4) is 5.75 Å². The molecular weight excluding hydrogens is 320 g/mol. The molecule has 2 rings (SSSR count). The summed E-state index contributed by atoms with van der Waals surface area (Å²) in [5.74, 6) is -0.631. The number of pyridine rings is 1. The molecule has 23 heavy (non-hydrogen) atoms. The standard InChI is InChI=1S/C15H13ClN4O3/c16-12-6-10(3-4-13(12)23-9-14(17)21)7-19-20-15(22)11-2-1-5-18-8-11/h1-8H,9H2,(H2,17,21)(H,20,22). The quantitative estimate of drug-likeness (QED) is 0.615. The van der Waals surface area contributed by atoms with Crippen LogP contribution in [0, 0.1) is 0 Å². The van der Waals surface area contributed by atoms with Crippen molar-refractivity contribution in [1.29, 1.82) is 0 Å². The molecule has 0 atom stereocenters. The maximum atomic E-state index is 11.8. The van der Waals surface area contributed by atoms with E-state index in [9.17, 15) is 9.59 Å². The van der Waals surface area contributed by atoms with Crippen LogP contribution in [0.15, 0.2) is 47.8 Å². The number of primary amides is 1. The second-order valence-electron chi connectivity index (χ2n) is 4.39. The second-order valence-corrected chi connectivity index (χ2v) is 4.79. The van der Waals surface area contributed by atoms with E-state index in [1.54, 1.807) is 36.5 Å². The maximum Gasteiger partial charge on any atom is 0.272 e. The number of ether oxygens (including phenoxy) is 1. The van der Waals surface area contributed by atoms with E-state index in [1.165, 1.54) is 12.4 Å². The van der Waals surface area contributed by atoms with Gasteiger partial charge in [0, 0.05) is 12.4 Å². The molecule has 0 radical (unpaired) electrons. The fourth-order valence-electron chi connectivity index (χ4n) is 1.59. The Kier molecular flexibility index (Phi) is 5.65. The fraction of sp³-hybridized carbons (Fsp3) is 0.0667. The Bertz CT molecular complexity index is 735. The Morgan fingerprint density at radius 3 is 2.87 bits per heavy atom. The van der Waals surface area contributed by atoms with E-state index in [-0.39, 0.29) is 12.5 Å². The SMILES string of the molecule is NC(=O)COc1ccc(C=NNC(=O)c2cccnc2)cc1Cl. The van der Waals surface area contributed by atoms with Gasteiger partial charge in [-0.3, -0.25) is 14.6 Å². The molecule has 1 aromatic carbocycles. The highest BCUT2D eigenvalue weighted by Gasteiger charge is 2.05. The van der Waals surface area contributed by atoms with Crippen LogP contribution in [0.1, 0.15) is 15.9 Å². The number of nitrogens with zero attached hydrogens (tertiary/aromatic N) is 2. The minimum Gasteiger partial charge on any atom is -0.482 e. The number of nitrogens with two attached hydrogens (primary N) is 1. The third-order valence-corrected chi connectivity index (χ3v) is 2.92. The number of halogens is 1. The van der Waals surface area contributed by atoms with Gasteiger partial charge in [-0.25, -0.2) is 5.43 Å². The van der Waals surface area contributed by atoms with E-state index in [0.29, 0.717) is 21.9 Å². The highest BCUT2D eigenvalue weighted by molar-refractivity contribution is 6.32. The van der Waals surface area contributed by atoms with Gasteiger partial charge >= 0.3 is 0 Å². The summed E-state index contributed by atoms with van der Waals surface area (Å²) in [5, 5.41) is 4.14. The van der Waals surface area contributed by atoms with Gasteiger partial charge in [-0.15, -0.1) is 0 Å². The molecule has 3 N–H and O–H groups in total. The van der Waals surface area contributed by atoms with Gasteiger partial charge in [0.15, 0.2) is 6.61 Å². The number of hydrogen-bond donors (Lipinski definition) is 2. The average Bonchev–Trinajstić information content (AvgIpc) is 2.54. The van der Waals surface area contributed by atoms with E-state index in [0.717, 1.165) is 0 Å². The molecule has 0 aliphatic carbocycles. The zero-order valence-corrected chi connectivity index (χ0v) is 12.7. The predicted molar refractivity (Wildman–Crippen MR) is 85.4 cm³/mol. The Morgan fingerprint density at radius 2 is 2.22 bits per heavy atom. The summed E-state index contributed by atoms with van der Waals surface area (Å²) >= 11 is 6.02. The molecule has 0 spiro atoms. The lowest BCUT2D eigenvalue weighted by atomic mass is 10.2. The van der Waals surface area contributed by atoms with Crippen LogP contribution < -0.4 is 15.9 Å². The second kappa shape index (κ2) is 7.90. The number of hydrazone groups is 1. The number of amides is 2. The molecule has 0 saturated heterocycles. The van der Waals surface area contributed by atoms with Crippen LogP contribution in [0.3, 0.4) is 0 Å². The van der Waals surface area contributed by atoms with Crippen molar-refractivity contribution in [1.82, 2.24) is 10.4 Å². The minimum atomic E-state index is -0.593. The number of benzene rings is 1. The molecule has 2 amide bonds. The molecule has 118 valence electrons. The Hall–Kier alpha value is -2.93. The highest BCUT2D eigenvalue weighted by Crippen LogP contribution is 2.24. The summed E-state index contributed by atoms with van der Waals surface area (Å²) in [6.45, 7) is -0.256. The molecule has 0 fully saturated rings. The normalized spacial score (nSPS) is 10.5. The zero-order chi connectivity index (χ0) is 16.7. The van der Waals surface area contributed by atoms with Crippen LogP contribution in [0.4, 0.5) is 0 Å². The van der Waals surface area contributed by atoms with Gasteiger partial charge in [-0.05, 0) is 35.9 Å². The predicted octanol–water partition coefficient (Wildman–Crippen LogP) is 1.36. The van der Waals surface area contributed by atoms with Gasteiger partial charge in [0.2, 0.25) is 0 Å². The Labute approximate surface area is 137 Å². The van der Waals surface area contributed by atoms with Gasteiger partial charge in [0.25, 0.3) is 11.8 Å². The Morgan fingerprint density at radius 1 is 1.39 bits per heavy atom. The van der Waals surface area contributed by atoms with Crippen LogP contribution >= 0.6 is 11.6 Å². The van der Waals surface area contributed by atoms with Crippen molar-refractivity contribution >= 4 is 29.6 Å². The lowest BCUT2D eigenvalue weighted by molar-refractivity contribution is -0.119. The number of carbonyl (C=O) groups is 2. The average molecular weight is 333 g/mol. The summed E-state index contributed by atoms with van der Waals surface area (Å²) in [6.07, 6.45) is 4.44. The van der Waals surface area contributed by atoms with E-state index >= 15 is 0 Å². The van der Waals surface area contributed by atoms with Crippen LogP contribution in [0.25, 0.3) is 0 Å². The summed E-state index contributed by atoms with van der Waals surface area (Å²) in [7, 11) is 0. The van der Waals surface area contributed by atoms with E-state index < -0.39 is 5.91 Å². The fourth-order valence-corrected chi connectivity index (χ4v) is 1.83. The number of nitrogens with one attached hydrogen (secondary N) is 1. The van der Waals surface area contributed by atoms with Gasteiger partial charge < -0.3 is 10.5 Å². The molecular formula is C15H13ClN4O3. The lowest BCUT2D eigenvalue weighted by Gasteiger charge is -2.06. The van der Waals surface area contributed by atoms with Crippen molar-refractivity contribution < 1.29 is 14.3 Å². The van der Waals surface area contributed by atoms with Crippen molar-refractivity contribution in [2.24, 2.45) is 10.8 Å². The molecule has 0 unspecified atom stereocenters. The maximum absolute atomic E-state index is 11.8. The topological polar surface area (TPSA) is 107 Å². The molecule has 0 aliphatic rings. The van der Waals surface area contributed by atoms with Crippen molar-refractivity contribution in [3.63, 3.8) is 0 Å². The minimum absolute atomic E-state index is 0.256. The molecule has 1 aromatic heterocycles. The molecule has 7 nitrogen and oxygen atoms in total. The van der Waals surface area contributed by atoms with Crippen LogP contribution in [0.5, 0.6) is 5.75 Å². The van der Waals surface area contributed by atoms with E-state index in [4.69, 9.17) is 22.1 Å². The largest absolute Gasteiger partial charge is 0.482 e. The molecule has 0 saturated carbocycles. The van der Waals surface area contributed by atoms with Crippen LogP contribution in [-0.2, 0) is 4.79 Å². The summed E-state index contributed by atoms with van der Waals surface area (Å²) < 4.78 is 5.13. The van der Waals surface area contributed by atoms with Gasteiger partial charge in [-0.2, -0.15) is 5.10 Å². The van der Waals surface area contributed by atoms with Crippen molar-refractivity contribution in [2.45, 2.75) is 0 Å². The lowest BCUT2D eigenvalue weighted by Crippen LogP contribution is -2.20. The number of aromatic nitrogens is 1. The summed E-state index contributed by atoms with van der Waals surface area (Å²) in [6, 6.07) is 8.11. The zero-order valence-electron chi connectivity index (χ0n) is 11.9. The first-order chi connectivity index (χ1) is 11.1.